The van der Waals surface area contributed by atoms with Gasteiger partial charge < -0.3 is 10.4 Å². The molecule has 1 aromatic carbocycles. The van der Waals surface area contributed by atoms with Crippen molar-refractivity contribution in [3.8, 4) is 0 Å². The van der Waals surface area contributed by atoms with Crippen molar-refractivity contribution in [1.29, 1.82) is 0 Å². The first-order valence-electron chi connectivity index (χ1n) is 6.65. The molecule has 0 aliphatic carbocycles. The molecule has 0 saturated carbocycles. The normalized spacial score (nSPS) is 11.0. The highest BCUT2D eigenvalue weighted by molar-refractivity contribution is 6.01. The highest BCUT2D eigenvalue weighted by Gasteiger charge is 2.17. The van der Waals surface area contributed by atoms with Gasteiger partial charge in [-0.2, -0.15) is 0 Å². The molecule has 0 spiro atoms. The second kappa shape index (κ2) is 10.6. The summed E-state index contributed by atoms with van der Waals surface area (Å²) in [6, 6.07) is 7.22. The van der Waals surface area contributed by atoms with Gasteiger partial charge in [0.1, 0.15) is 6.04 Å². The Bertz CT molecular complexity index is 496. The predicted octanol–water partition coefficient (Wildman–Crippen LogP) is 1.60. The van der Waals surface area contributed by atoms with Crippen molar-refractivity contribution in [2.45, 2.75) is 25.8 Å². The SMILES string of the molecule is CCCC(NCC(=O)NC(=O)Nc1ccccc1)C(=O)O.Cl. The molecule has 0 aliphatic rings. The van der Waals surface area contributed by atoms with Crippen LogP contribution in [0.4, 0.5) is 10.5 Å². The van der Waals surface area contributed by atoms with Gasteiger partial charge in [0.2, 0.25) is 5.91 Å². The van der Waals surface area contributed by atoms with Crippen LogP contribution in [0.2, 0.25) is 0 Å². The molecule has 122 valence electrons. The molecule has 1 aromatic rings. The molecule has 0 heterocycles. The van der Waals surface area contributed by atoms with Crippen LogP contribution < -0.4 is 16.0 Å². The topological polar surface area (TPSA) is 108 Å². The Hall–Kier alpha value is -2.12. The number of nitrogens with one attached hydrogen (secondary N) is 3. The average Bonchev–Trinajstić information content (AvgIpc) is 2.44. The van der Waals surface area contributed by atoms with Gasteiger partial charge >= 0.3 is 12.0 Å². The molecule has 22 heavy (non-hydrogen) atoms. The molecule has 1 atom stereocenters. The second-order valence-electron chi connectivity index (χ2n) is 4.43. The molecule has 0 bridgehead atoms. The zero-order valence-corrected chi connectivity index (χ0v) is 13.0. The highest BCUT2D eigenvalue weighted by atomic mass is 35.5. The number of para-hydroxylation sites is 1. The minimum Gasteiger partial charge on any atom is -0.480 e. The largest absolute Gasteiger partial charge is 0.480 e. The first-order chi connectivity index (χ1) is 10.0. The molecule has 1 unspecified atom stereocenters. The highest BCUT2D eigenvalue weighted by Crippen LogP contribution is 2.04. The summed E-state index contributed by atoms with van der Waals surface area (Å²) in [5, 5.41) is 16.1. The molecule has 3 amide bonds. The van der Waals surface area contributed by atoms with Crippen molar-refractivity contribution in [3.05, 3.63) is 30.3 Å². The maximum Gasteiger partial charge on any atom is 0.325 e. The van der Waals surface area contributed by atoms with Crippen molar-refractivity contribution in [3.63, 3.8) is 0 Å². The number of carboxylic acid groups (broad SMARTS) is 1. The Morgan fingerprint density at radius 2 is 1.82 bits per heavy atom. The van der Waals surface area contributed by atoms with E-state index in [9.17, 15) is 14.4 Å². The maximum atomic E-state index is 11.5. The van der Waals surface area contributed by atoms with Gasteiger partial charge in [-0.25, -0.2) is 4.79 Å². The number of anilines is 1. The van der Waals surface area contributed by atoms with Gasteiger partial charge in [0.05, 0.1) is 6.54 Å². The number of urea groups is 1. The van der Waals surface area contributed by atoms with Gasteiger partial charge in [-0.15, -0.1) is 12.4 Å². The molecule has 0 aromatic heterocycles. The van der Waals surface area contributed by atoms with Crippen molar-refractivity contribution in [1.82, 2.24) is 10.6 Å². The van der Waals surface area contributed by atoms with Crippen LogP contribution in [0.15, 0.2) is 30.3 Å². The number of carbonyl (C=O) groups excluding carboxylic acids is 2. The zero-order chi connectivity index (χ0) is 15.7. The van der Waals surface area contributed by atoms with Gasteiger partial charge in [0.25, 0.3) is 0 Å². The van der Waals surface area contributed by atoms with E-state index in [0.29, 0.717) is 18.5 Å². The van der Waals surface area contributed by atoms with Crippen molar-refractivity contribution in [2.75, 3.05) is 11.9 Å². The van der Waals surface area contributed by atoms with Gasteiger partial charge in [-0.3, -0.25) is 20.2 Å². The van der Waals surface area contributed by atoms with Crippen LogP contribution in [-0.2, 0) is 9.59 Å². The van der Waals surface area contributed by atoms with Crippen LogP contribution in [0.5, 0.6) is 0 Å². The lowest BCUT2D eigenvalue weighted by Gasteiger charge is -2.13. The summed E-state index contributed by atoms with van der Waals surface area (Å²) in [6.45, 7) is 1.62. The molecular formula is C14H20ClN3O4. The summed E-state index contributed by atoms with van der Waals surface area (Å²) in [7, 11) is 0. The molecule has 0 fully saturated rings. The summed E-state index contributed by atoms with van der Waals surface area (Å²) in [6.07, 6.45) is 1.10. The Kier molecular flexibility index (Phi) is 9.56. The number of aliphatic carboxylic acids is 1. The van der Waals surface area contributed by atoms with Crippen LogP contribution in [0.3, 0.4) is 0 Å². The van der Waals surface area contributed by atoms with E-state index in [1.807, 2.05) is 6.92 Å². The average molecular weight is 330 g/mol. The van der Waals surface area contributed by atoms with E-state index >= 15 is 0 Å². The minimum absolute atomic E-state index is 0. The number of carbonyl (C=O) groups is 3. The fourth-order valence-electron chi connectivity index (χ4n) is 1.67. The number of hydrogen-bond acceptors (Lipinski definition) is 4. The number of hydrogen-bond donors (Lipinski definition) is 4. The molecular weight excluding hydrogens is 310 g/mol. The number of amides is 3. The van der Waals surface area contributed by atoms with Gasteiger partial charge in [0.15, 0.2) is 0 Å². The molecule has 1 rings (SSSR count). The molecule has 4 N–H and O–H groups in total. The summed E-state index contributed by atoms with van der Waals surface area (Å²) in [4.78, 5) is 34.0. The summed E-state index contributed by atoms with van der Waals surface area (Å²) in [5.41, 5.74) is 0.560. The van der Waals surface area contributed by atoms with Crippen LogP contribution in [0.25, 0.3) is 0 Å². The first kappa shape index (κ1) is 19.9. The Labute approximate surface area is 134 Å². The molecule has 0 aliphatic heterocycles. The quantitative estimate of drug-likeness (QED) is 0.607. The fraction of sp³-hybridized carbons (Fsp3) is 0.357. The van der Waals surface area contributed by atoms with Gasteiger partial charge in [0, 0.05) is 5.69 Å². The number of carboxylic acids is 1. The van der Waals surface area contributed by atoms with Crippen molar-refractivity contribution < 1.29 is 19.5 Å². The number of halogens is 1. The Balaban J connectivity index is 0.00000441. The summed E-state index contributed by atoms with van der Waals surface area (Å²) in [5.74, 6) is -1.61. The molecule has 0 radical (unpaired) electrons. The third-order valence-electron chi connectivity index (χ3n) is 2.67. The van der Waals surface area contributed by atoms with Gasteiger partial charge in [-0.05, 0) is 18.6 Å². The summed E-state index contributed by atoms with van der Waals surface area (Å²) >= 11 is 0. The van der Waals surface area contributed by atoms with Gasteiger partial charge in [-0.1, -0.05) is 31.5 Å². The van der Waals surface area contributed by atoms with E-state index in [0.717, 1.165) is 0 Å². The van der Waals surface area contributed by atoms with Crippen LogP contribution in [-0.4, -0.2) is 35.6 Å². The van der Waals surface area contributed by atoms with Crippen LogP contribution in [0.1, 0.15) is 19.8 Å². The number of rotatable bonds is 7. The Morgan fingerprint density at radius 3 is 2.36 bits per heavy atom. The third kappa shape index (κ3) is 7.61. The van der Waals surface area contributed by atoms with Crippen LogP contribution in [0, 0.1) is 0 Å². The lowest BCUT2D eigenvalue weighted by molar-refractivity contribution is -0.139. The van der Waals surface area contributed by atoms with E-state index < -0.39 is 23.9 Å². The van der Waals surface area contributed by atoms with E-state index in [4.69, 9.17) is 5.11 Å². The zero-order valence-electron chi connectivity index (χ0n) is 12.2. The smallest absolute Gasteiger partial charge is 0.325 e. The number of benzene rings is 1. The van der Waals surface area contributed by atoms with E-state index in [1.165, 1.54) is 0 Å². The van der Waals surface area contributed by atoms with E-state index in [1.54, 1.807) is 30.3 Å². The van der Waals surface area contributed by atoms with Crippen molar-refractivity contribution in [2.24, 2.45) is 0 Å². The lowest BCUT2D eigenvalue weighted by atomic mass is 10.2. The first-order valence-corrected chi connectivity index (χ1v) is 6.65. The fourth-order valence-corrected chi connectivity index (χ4v) is 1.67. The van der Waals surface area contributed by atoms with E-state index in [2.05, 4.69) is 16.0 Å². The minimum atomic E-state index is -1.02. The summed E-state index contributed by atoms with van der Waals surface area (Å²) < 4.78 is 0. The van der Waals surface area contributed by atoms with E-state index in [-0.39, 0.29) is 19.0 Å². The molecule has 0 saturated heterocycles. The maximum absolute atomic E-state index is 11.5. The molecule has 8 heteroatoms. The number of imide groups is 1. The predicted molar refractivity (Wildman–Crippen MR) is 85.2 cm³/mol. The van der Waals surface area contributed by atoms with Crippen LogP contribution >= 0.6 is 12.4 Å². The van der Waals surface area contributed by atoms with Crippen molar-refractivity contribution >= 4 is 36.0 Å². The second-order valence-corrected chi connectivity index (χ2v) is 4.43. The molecule has 7 nitrogen and oxygen atoms in total. The monoisotopic (exact) mass is 329 g/mol. The Morgan fingerprint density at radius 1 is 1.18 bits per heavy atom. The lowest BCUT2D eigenvalue weighted by Crippen LogP contribution is -2.45. The standard InChI is InChI=1S/C14H19N3O4.ClH/c1-2-6-11(13(19)20)15-9-12(18)17-14(21)16-10-7-4-3-5-8-10;/h3-5,7-8,11,15H,2,6,9H2,1H3,(H,19,20)(H2,16,17,18,21);1H. The third-order valence-corrected chi connectivity index (χ3v) is 2.67.